The number of imidazole rings is 1. The average molecular weight is 560 g/mol. The molecule has 0 atom stereocenters. The first-order chi connectivity index (χ1) is 19.6. The lowest BCUT2D eigenvalue weighted by atomic mass is 9.85. The molecule has 0 amide bonds. The minimum absolute atomic E-state index is 0.182. The lowest BCUT2D eigenvalue weighted by Gasteiger charge is -2.32. The molecule has 2 aliphatic rings. The number of rotatable bonds is 12. The molecule has 1 aliphatic carbocycles. The fourth-order valence-electron chi connectivity index (χ4n) is 5.65. The van der Waals surface area contributed by atoms with Crippen LogP contribution in [0.25, 0.3) is 16.9 Å². The maximum absolute atomic E-state index is 14.1. The predicted octanol–water partition coefficient (Wildman–Crippen LogP) is 3.81. The van der Waals surface area contributed by atoms with E-state index in [9.17, 15) is 8.78 Å². The summed E-state index contributed by atoms with van der Waals surface area (Å²) in [6, 6.07) is 9.51. The van der Waals surface area contributed by atoms with Gasteiger partial charge in [-0.3, -0.25) is 4.57 Å². The summed E-state index contributed by atoms with van der Waals surface area (Å²) in [5, 5.41) is 7.09. The quantitative estimate of drug-likeness (QED) is 0.343. The van der Waals surface area contributed by atoms with Gasteiger partial charge >= 0.3 is 0 Å². The first-order valence-electron chi connectivity index (χ1n) is 14.0. The van der Waals surface area contributed by atoms with Gasteiger partial charge in [0.1, 0.15) is 11.6 Å². The number of alkyl halides is 2. The van der Waals surface area contributed by atoms with Crippen LogP contribution in [0.2, 0.25) is 0 Å². The Morgan fingerprint density at radius 2 is 1.68 bits per heavy atom. The fourth-order valence-corrected chi connectivity index (χ4v) is 5.65. The highest BCUT2D eigenvalue weighted by atomic mass is 19.3. The van der Waals surface area contributed by atoms with Crippen molar-refractivity contribution in [2.24, 2.45) is 5.92 Å². The molecule has 0 radical (unpaired) electrons. The normalized spacial score (nSPS) is 20.1. The van der Waals surface area contributed by atoms with Gasteiger partial charge in [-0.15, -0.1) is 0 Å². The molecule has 3 aromatic rings. The maximum Gasteiger partial charge on any atom is 0.296 e. The Hall–Kier alpha value is -2.93. The second-order valence-corrected chi connectivity index (χ2v) is 10.5. The molecule has 1 saturated heterocycles. The molecule has 1 saturated carbocycles. The standard InChI is InChI=1S/C28H39F2N7O3/c1-38-17-21(18-39-2)32-20-9-7-19(8-10-20)16-31-28-34-24(36-11-13-40-14-12-36)15-25(35-28)37-23-6-4-3-5-22(23)33-27(37)26(29)30/h3-6,15,19-21,26,32H,7-14,16-18H2,1-2H3,(H,31,34,35)/t19-,20-. The Kier molecular flexibility index (Phi) is 9.74. The largest absolute Gasteiger partial charge is 0.383 e. The van der Waals surface area contributed by atoms with Crippen LogP contribution < -0.4 is 15.5 Å². The van der Waals surface area contributed by atoms with Crippen molar-refractivity contribution in [1.82, 2.24) is 24.8 Å². The van der Waals surface area contributed by atoms with Gasteiger partial charge in [0.05, 0.1) is 43.5 Å². The molecule has 5 rings (SSSR count). The summed E-state index contributed by atoms with van der Waals surface area (Å²) in [7, 11) is 3.41. The van der Waals surface area contributed by atoms with E-state index in [2.05, 4.69) is 20.5 Å². The zero-order chi connectivity index (χ0) is 27.9. The van der Waals surface area contributed by atoms with Crippen molar-refractivity contribution < 1.29 is 23.0 Å². The van der Waals surface area contributed by atoms with Gasteiger partial charge < -0.3 is 29.7 Å². The molecule has 1 aromatic carbocycles. The second kappa shape index (κ2) is 13.6. The number of morpholine rings is 1. The van der Waals surface area contributed by atoms with E-state index in [-0.39, 0.29) is 11.9 Å². The molecule has 0 unspecified atom stereocenters. The van der Waals surface area contributed by atoms with Crippen LogP contribution in [-0.2, 0) is 14.2 Å². The number of ether oxygens (including phenoxy) is 3. The SMILES string of the molecule is COCC(COC)N[C@H]1CC[C@H](CNc2nc(N3CCOCC3)cc(-n3c(C(F)F)nc4ccccc43)n2)CC1. The van der Waals surface area contributed by atoms with Gasteiger partial charge in [-0.1, -0.05) is 12.1 Å². The number of anilines is 2. The summed E-state index contributed by atoms with van der Waals surface area (Å²) >= 11 is 0. The number of benzene rings is 1. The van der Waals surface area contributed by atoms with E-state index < -0.39 is 6.43 Å². The van der Waals surface area contributed by atoms with Gasteiger partial charge in [0, 0.05) is 46.0 Å². The lowest BCUT2D eigenvalue weighted by molar-refractivity contribution is 0.0925. The Morgan fingerprint density at radius 3 is 2.38 bits per heavy atom. The van der Waals surface area contributed by atoms with Crippen LogP contribution in [0.1, 0.15) is 37.9 Å². The number of hydrogen-bond donors (Lipinski definition) is 2. The third-order valence-electron chi connectivity index (χ3n) is 7.65. The first kappa shape index (κ1) is 28.6. The molecule has 2 aromatic heterocycles. The minimum Gasteiger partial charge on any atom is -0.383 e. The molecule has 10 nitrogen and oxygen atoms in total. The van der Waals surface area contributed by atoms with Crippen molar-refractivity contribution in [1.29, 1.82) is 0 Å². The van der Waals surface area contributed by atoms with Crippen LogP contribution in [0.4, 0.5) is 20.5 Å². The van der Waals surface area contributed by atoms with Crippen molar-refractivity contribution in [2.75, 3.05) is 70.5 Å². The molecule has 3 heterocycles. The maximum atomic E-state index is 14.1. The van der Waals surface area contributed by atoms with Gasteiger partial charge in [0.2, 0.25) is 5.95 Å². The zero-order valence-electron chi connectivity index (χ0n) is 23.2. The van der Waals surface area contributed by atoms with Crippen LogP contribution >= 0.6 is 0 Å². The third kappa shape index (κ3) is 6.85. The fraction of sp³-hybridized carbons (Fsp3) is 0.607. The number of nitrogens with zero attached hydrogens (tertiary/aromatic N) is 5. The highest BCUT2D eigenvalue weighted by Crippen LogP contribution is 2.30. The molecule has 218 valence electrons. The minimum atomic E-state index is -2.75. The molecule has 1 aliphatic heterocycles. The molecule has 12 heteroatoms. The topological polar surface area (TPSA) is 98.6 Å². The van der Waals surface area contributed by atoms with E-state index in [0.717, 1.165) is 25.7 Å². The number of aromatic nitrogens is 4. The number of para-hydroxylation sites is 2. The lowest BCUT2D eigenvalue weighted by Crippen LogP contribution is -2.45. The highest BCUT2D eigenvalue weighted by Gasteiger charge is 2.25. The third-order valence-corrected chi connectivity index (χ3v) is 7.65. The van der Waals surface area contributed by atoms with E-state index in [1.807, 2.05) is 6.07 Å². The molecule has 2 N–H and O–H groups in total. The summed E-state index contributed by atoms with van der Waals surface area (Å²) in [6.45, 7) is 4.47. The van der Waals surface area contributed by atoms with Gasteiger partial charge in [0.25, 0.3) is 6.43 Å². The Labute approximate surface area is 233 Å². The van der Waals surface area contributed by atoms with E-state index in [1.165, 1.54) is 4.57 Å². The smallest absolute Gasteiger partial charge is 0.296 e. The number of halogens is 2. The van der Waals surface area contributed by atoms with E-state index in [4.69, 9.17) is 24.2 Å². The van der Waals surface area contributed by atoms with Crippen LogP contribution in [0, 0.1) is 5.92 Å². The highest BCUT2D eigenvalue weighted by molar-refractivity contribution is 5.78. The summed E-state index contributed by atoms with van der Waals surface area (Å²) < 4.78 is 45.8. The van der Waals surface area contributed by atoms with Crippen LogP contribution in [0.5, 0.6) is 0 Å². The summed E-state index contributed by atoms with van der Waals surface area (Å²) in [4.78, 5) is 15.8. The Morgan fingerprint density at radius 1 is 0.975 bits per heavy atom. The number of fused-ring (bicyclic) bond motifs is 1. The first-order valence-corrected chi connectivity index (χ1v) is 14.0. The van der Waals surface area contributed by atoms with Crippen LogP contribution in [-0.4, -0.2) is 91.9 Å². The molecule has 2 fully saturated rings. The number of methoxy groups -OCH3 is 2. The van der Waals surface area contributed by atoms with Crippen LogP contribution in [0.3, 0.4) is 0 Å². The van der Waals surface area contributed by atoms with E-state index >= 15 is 0 Å². The molecule has 0 bridgehead atoms. The predicted molar refractivity (Wildman–Crippen MR) is 150 cm³/mol. The second-order valence-electron chi connectivity index (χ2n) is 10.5. The van der Waals surface area contributed by atoms with Gasteiger partial charge in [-0.25, -0.2) is 13.8 Å². The summed E-state index contributed by atoms with van der Waals surface area (Å²) in [6.07, 6.45) is 1.51. The van der Waals surface area contributed by atoms with Gasteiger partial charge in [-0.2, -0.15) is 9.97 Å². The molecular formula is C28H39F2N7O3. The van der Waals surface area contributed by atoms with Crippen molar-refractivity contribution in [3.8, 4) is 5.82 Å². The molecular weight excluding hydrogens is 520 g/mol. The number of hydrogen-bond acceptors (Lipinski definition) is 9. The summed E-state index contributed by atoms with van der Waals surface area (Å²) in [5.74, 6) is 1.62. The molecule has 40 heavy (non-hydrogen) atoms. The van der Waals surface area contributed by atoms with Crippen molar-refractivity contribution in [3.05, 3.63) is 36.2 Å². The van der Waals surface area contributed by atoms with Crippen molar-refractivity contribution in [3.63, 3.8) is 0 Å². The van der Waals surface area contributed by atoms with E-state index in [1.54, 1.807) is 38.5 Å². The van der Waals surface area contributed by atoms with Crippen LogP contribution in [0.15, 0.2) is 30.3 Å². The van der Waals surface area contributed by atoms with Crippen molar-refractivity contribution >= 4 is 22.8 Å². The van der Waals surface area contributed by atoms with E-state index in [0.29, 0.717) is 86.6 Å². The van der Waals surface area contributed by atoms with Crippen molar-refractivity contribution in [2.45, 2.75) is 44.2 Å². The monoisotopic (exact) mass is 559 g/mol. The van der Waals surface area contributed by atoms with Gasteiger partial charge in [-0.05, 0) is 43.7 Å². The Balaban J connectivity index is 1.33. The Bertz CT molecular complexity index is 1220. The average Bonchev–Trinajstić information content (AvgIpc) is 3.38. The molecule has 0 spiro atoms. The number of nitrogens with one attached hydrogen (secondary N) is 2. The van der Waals surface area contributed by atoms with Gasteiger partial charge in [0.15, 0.2) is 5.82 Å². The summed E-state index contributed by atoms with van der Waals surface area (Å²) in [5.41, 5.74) is 1.09. The zero-order valence-corrected chi connectivity index (χ0v) is 23.2.